The van der Waals surface area contributed by atoms with E-state index in [0.717, 1.165) is 21.9 Å². The topological polar surface area (TPSA) is 88.4 Å². The number of rotatable bonds is 5. The van der Waals surface area contributed by atoms with Crippen LogP contribution < -0.4 is 4.74 Å². The van der Waals surface area contributed by atoms with E-state index in [-0.39, 0.29) is 23.2 Å². The Balaban J connectivity index is 1.32. The van der Waals surface area contributed by atoms with Crippen molar-refractivity contribution in [2.45, 2.75) is 32.4 Å². The summed E-state index contributed by atoms with van der Waals surface area (Å²) in [4.78, 5) is 18.9. The van der Waals surface area contributed by atoms with Gasteiger partial charge in [0.05, 0.1) is 18.0 Å². The van der Waals surface area contributed by atoms with Crippen LogP contribution in [0.2, 0.25) is 0 Å². The van der Waals surface area contributed by atoms with Crippen LogP contribution in [0, 0.1) is 6.92 Å². The van der Waals surface area contributed by atoms with E-state index >= 15 is 0 Å². The molecule has 0 bridgehead atoms. The molecule has 8 nitrogen and oxygen atoms in total. The lowest BCUT2D eigenvalue weighted by Gasteiger charge is -2.14. The van der Waals surface area contributed by atoms with Crippen LogP contribution in [-0.2, 0) is 6.18 Å². The molecule has 1 N–H and O–H groups in total. The molecule has 1 aromatic carbocycles. The highest BCUT2D eigenvalue weighted by Crippen LogP contribution is 2.33. The average Bonchev–Trinajstić information content (AvgIpc) is 3.57. The fraction of sp³-hybridized carbons (Fsp3) is 0.333. The average molecular weight is 484 g/mol. The van der Waals surface area contributed by atoms with Crippen LogP contribution in [0.25, 0.3) is 16.9 Å². The third-order valence-electron chi connectivity index (χ3n) is 6.03. The number of likely N-dealkylation sites (tertiary alicyclic amines) is 1. The number of carbonyl (C=O) groups is 1. The number of carbonyl (C=O) groups excluding carboxylic acids is 1. The molecule has 1 amide bonds. The number of hydrogen-bond donors (Lipinski definition) is 1. The van der Waals surface area contributed by atoms with Crippen molar-refractivity contribution in [2.24, 2.45) is 0 Å². The first-order chi connectivity index (χ1) is 16.7. The molecular weight excluding hydrogens is 461 g/mol. The van der Waals surface area contributed by atoms with E-state index in [4.69, 9.17) is 4.74 Å². The number of H-pyrrole nitrogens is 1. The van der Waals surface area contributed by atoms with Gasteiger partial charge in [0, 0.05) is 36.3 Å². The van der Waals surface area contributed by atoms with Crippen molar-refractivity contribution < 1.29 is 22.7 Å². The minimum absolute atomic E-state index is 0.144. The van der Waals surface area contributed by atoms with Crippen molar-refractivity contribution in [1.29, 1.82) is 0 Å². The monoisotopic (exact) mass is 484 g/mol. The summed E-state index contributed by atoms with van der Waals surface area (Å²) in [6.07, 6.45) is -3.95. The zero-order valence-electron chi connectivity index (χ0n) is 19.1. The number of fused-ring (bicyclic) bond motifs is 1. The normalized spacial score (nSPS) is 16.3. The first-order valence-corrected chi connectivity index (χ1v) is 11.3. The van der Waals surface area contributed by atoms with E-state index in [1.54, 1.807) is 17.0 Å². The summed E-state index contributed by atoms with van der Waals surface area (Å²) >= 11 is 0. The van der Waals surface area contributed by atoms with Gasteiger partial charge in [0.1, 0.15) is 17.1 Å². The van der Waals surface area contributed by atoms with Gasteiger partial charge >= 0.3 is 6.18 Å². The summed E-state index contributed by atoms with van der Waals surface area (Å²) in [5.74, 6) is 0.354. The van der Waals surface area contributed by atoms with Crippen molar-refractivity contribution in [3.8, 4) is 17.0 Å². The van der Waals surface area contributed by atoms with E-state index in [0.29, 0.717) is 43.2 Å². The van der Waals surface area contributed by atoms with Crippen molar-refractivity contribution >= 4 is 11.6 Å². The predicted molar refractivity (Wildman–Crippen MR) is 121 cm³/mol. The molecule has 4 aromatic rings. The van der Waals surface area contributed by atoms with E-state index in [2.05, 4.69) is 20.3 Å². The van der Waals surface area contributed by atoms with Crippen molar-refractivity contribution in [1.82, 2.24) is 29.7 Å². The molecule has 3 aromatic heterocycles. The second kappa shape index (κ2) is 8.71. The number of amides is 1. The Morgan fingerprint density at radius 1 is 1.20 bits per heavy atom. The number of benzene rings is 1. The second-order valence-electron chi connectivity index (χ2n) is 8.48. The summed E-state index contributed by atoms with van der Waals surface area (Å²) in [6, 6.07) is 11.7. The molecule has 182 valence electrons. The Morgan fingerprint density at radius 3 is 2.69 bits per heavy atom. The van der Waals surface area contributed by atoms with Gasteiger partial charge in [-0.2, -0.15) is 23.4 Å². The number of halogens is 3. The molecule has 5 rings (SSSR count). The van der Waals surface area contributed by atoms with E-state index in [9.17, 15) is 18.0 Å². The first kappa shape index (κ1) is 22.9. The minimum Gasteiger partial charge on any atom is -0.494 e. The molecule has 1 atom stereocenters. The molecule has 4 heterocycles. The van der Waals surface area contributed by atoms with Gasteiger partial charge in [0.25, 0.3) is 5.91 Å². The van der Waals surface area contributed by atoms with Gasteiger partial charge in [-0.05, 0) is 56.7 Å². The summed E-state index contributed by atoms with van der Waals surface area (Å²) in [5, 5.41) is 11.3. The molecule has 0 spiro atoms. The Hall–Kier alpha value is -3.89. The summed E-state index contributed by atoms with van der Waals surface area (Å²) < 4.78 is 46.7. The maximum Gasteiger partial charge on any atom is 0.433 e. The molecule has 0 saturated carbocycles. The van der Waals surface area contributed by atoms with E-state index in [1.807, 2.05) is 31.2 Å². The van der Waals surface area contributed by atoms with Crippen LogP contribution in [-0.4, -0.2) is 55.3 Å². The van der Waals surface area contributed by atoms with Crippen LogP contribution in [0.15, 0.2) is 42.5 Å². The van der Waals surface area contributed by atoms with E-state index in [1.165, 1.54) is 6.92 Å². The smallest absolute Gasteiger partial charge is 0.433 e. The van der Waals surface area contributed by atoms with Crippen LogP contribution in [0.1, 0.15) is 46.8 Å². The van der Waals surface area contributed by atoms with Gasteiger partial charge in [-0.3, -0.25) is 9.89 Å². The summed E-state index contributed by atoms with van der Waals surface area (Å²) in [5.41, 5.74) is 1.86. The van der Waals surface area contributed by atoms with Crippen LogP contribution >= 0.6 is 0 Å². The molecule has 1 aliphatic heterocycles. The Bertz CT molecular complexity index is 1380. The van der Waals surface area contributed by atoms with Gasteiger partial charge < -0.3 is 9.64 Å². The highest BCUT2D eigenvalue weighted by molar-refractivity contribution is 5.93. The molecule has 0 radical (unpaired) electrons. The van der Waals surface area contributed by atoms with Gasteiger partial charge in [-0.15, -0.1) is 0 Å². The lowest BCUT2D eigenvalue weighted by atomic mass is 10.1. The standard InChI is InChI=1S/C24H23F3N6O2/c1-3-35-17-6-4-15(5-7-17)18-11-20(30-29-18)23(34)32-9-8-16(13-32)19-12-22-28-14(2)10-21(24(25,26)27)33(22)31-19/h4-7,10-12,16H,3,8-9,13H2,1-2H3,(H,29,30)/t16-/m1/s1. The quantitative estimate of drug-likeness (QED) is 0.452. The summed E-state index contributed by atoms with van der Waals surface area (Å²) in [6.45, 7) is 4.82. The Kier molecular flexibility index (Phi) is 5.70. The third-order valence-corrected chi connectivity index (χ3v) is 6.03. The predicted octanol–water partition coefficient (Wildman–Crippen LogP) is 4.48. The number of ether oxygens (including phenoxy) is 1. The van der Waals surface area contributed by atoms with Gasteiger partial charge in [-0.25, -0.2) is 9.50 Å². The highest BCUT2D eigenvalue weighted by Gasteiger charge is 2.36. The lowest BCUT2D eigenvalue weighted by Crippen LogP contribution is -2.28. The Morgan fingerprint density at radius 2 is 1.97 bits per heavy atom. The van der Waals surface area contributed by atoms with Gasteiger partial charge in [0.15, 0.2) is 5.65 Å². The second-order valence-corrected chi connectivity index (χ2v) is 8.48. The zero-order chi connectivity index (χ0) is 24.7. The van der Waals surface area contributed by atoms with Crippen LogP contribution in [0.5, 0.6) is 5.75 Å². The Labute approximate surface area is 198 Å². The largest absolute Gasteiger partial charge is 0.494 e. The molecule has 11 heteroatoms. The fourth-order valence-corrected chi connectivity index (χ4v) is 4.34. The van der Waals surface area contributed by atoms with Crippen molar-refractivity contribution in [3.05, 3.63) is 65.2 Å². The fourth-order valence-electron chi connectivity index (χ4n) is 4.34. The van der Waals surface area contributed by atoms with Gasteiger partial charge in [0.2, 0.25) is 0 Å². The molecule has 1 aliphatic rings. The number of aryl methyl sites for hydroxylation is 1. The molecule has 1 fully saturated rings. The number of alkyl halides is 3. The number of nitrogens with one attached hydrogen (secondary N) is 1. The van der Waals surface area contributed by atoms with Crippen molar-refractivity contribution in [3.63, 3.8) is 0 Å². The van der Waals surface area contributed by atoms with Crippen LogP contribution in [0.4, 0.5) is 13.2 Å². The maximum atomic E-state index is 13.5. The van der Waals surface area contributed by atoms with Crippen molar-refractivity contribution in [2.75, 3.05) is 19.7 Å². The number of aromatic amines is 1. The highest BCUT2D eigenvalue weighted by atomic mass is 19.4. The molecule has 1 saturated heterocycles. The first-order valence-electron chi connectivity index (χ1n) is 11.3. The summed E-state index contributed by atoms with van der Waals surface area (Å²) in [7, 11) is 0. The molecule has 0 unspecified atom stereocenters. The number of aromatic nitrogens is 5. The van der Waals surface area contributed by atoms with Crippen LogP contribution in [0.3, 0.4) is 0 Å². The lowest BCUT2D eigenvalue weighted by molar-refractivity contribution is -0.142. The van der Waals surface area contributed by atoms with Gasteiger partial charge in [-0.1, -0.05) is 0 Å². The minimum atomic E-state index is -4.55. The SMILES string of the molecule is CCOc1ccc(-c2cc(C(=O)N3CC[C@@H](c4cc5nc(C)cc(C(F)(F)F)n5n4)C3)[nH]n2)cc1. The zero-order valence-corrected chi connectivity index (χ0v) is 19.1. The maximum absolute atomic E-state index is 13.5. The number of hydrogen-bond acceptors (Lipinski definition) is 5. The molecule has 0 aliphatic carbocycles. The third kappa shape index (κ3) is 4.45. The number of nitrogens with zero attached hydrogens (tertiary/aromatic N) is 5. The van der Waals surface area contributed by atoms with E-state index < -0.39 is 11.9 Å². The molecular formula is C24H23F3N6O2. The molecule has 35 heavy (non-hydrogen) atoms.